The molecule has 2 aromatic rings. The van der Waals surface area contributed by atoms with E-state index in [1.54, 1.807) is 6.07 Å². The predicted octanol–water partition coefficient (Wildman–Crippen LogP) is 3.20. The molecule has 4 heteroatoms. The molecule has 0 unspecified atom stereocenters. The summed E-state index contributed by atoms with van der Waals surface area (Å²) in [6.07, 6.45) is 0.764. The third-order valence-electron chi connectivity index (χ3n) is 2.09. The molecule has 0 aliphatic heterocycles. The molecule has 0 spiro atoms. The maximum absolute atomic E-state index is 13.4. The molecular formula is C10H9ClFNS. The fourth-order valence-corrected chi connectivity index (χ4v) is 2.66. The van der Waals surface area contributed by atoms with E-state index in [4.69, 9.17) is 17.3 Å². The molecule has 14 heavy (non-hydrogen) atoms. The second kappa shape index (κ2) is 3.85. The molecule has 2 rings (SSSR count). The standard InChI is InChI=1S/C10H9ClFNS/c11-7-3-8-6(1-2-13)5-14-10(8)9(12)4-7/h3-5H,1-2,13H2. The van der Waals surface area contributed by atoms with Crippen LogP contribution < -0.4 is 5.73 Å². The molecular weight excluding hydrogens is 221 g/mol. The van der Waals surface area contributed by atoms with Gasteiger partial charge in [0.15, 0.2) is 0 Å². The number of fused-ring (bicyclic) bond motifs is 1. The van der Waals surface area contributed by atoms with Crippen LogP contribution in [0.25, 0.3) is 10.1 Å². The molecule has 74 valence electrons. The first kappa shape index (κ1) is 9.90. The van der Waals surface area contributed by atoms with Crippen molar-refractivity contribution < 1.29 is 4.39 Å². The van der Waals surface area contributed by atoms with Crippen LogP contribution in [0.3, 0.4) is 0 Å². The summed E-state index contributed by atoms with van der Waals surface area (Å²) in [5.74, 6) is -0.249. The van der Waals surface area contributed by atoms with Crippen LogP contribution in [0.15, 0.2) is 17.5 Å². The fourth-order valence-electron chi connectivity index (χ4n) is 1.46. The maximum atomic E-state index is 13.4. The highest BCUT2D eigenvalue weighted by molar-refractivity contribution is 7.17. The molecule has 1 aromatic heterocycles. The molecule has 0 amide bonds. The van der Waals surface area contributed by atoms with Crippen LogP contribution in [0.2, 0.25) is 5.02 Å². The van der Waals surface area contributed by atoms with E-state index in [9.17, 15) is 4.39 Å². The van der Waals surface area contributed by atoms with Crippen LogP contribution in [0.4, 0.5) is 4.39 Å². The lowest BCUT2D eigenvalue weighted by atomic mass is 10.1. The Kier molecular flexibility index (Phi) is 2.72. The molecule has 0 aliphatic carbocycles. The van der Waals surface area contributed by atoms with Gasteiger partial charge in [0, 0.05) is 10.4 Å². The smallest absolute Gasteiger partial charge is 0.142 e. The van der Waals surface area contributed by atoms with Gasteiger partial charge in [0.1, 0.15) is 5.82 Å². The first-order chi connectivity index (χ1) is 6.72. The van der Waals surface area contributed by atoms with Crippen molar-refractivity contribution in [2.24, 2.45) is 5.73 Å². The van der Waals surface area contributed by atoms with Crippen molar-refractivity contribution in [3.8, 4) is 0 Å². The van der Waals surface area contributed by atoms with Gasteiger partial charge in [-0.15, -0.1) is 11.3 Å². The minimum atomic E-state index is -0.249. The fraction of sp³-hybridized carbons (Fsp3) is 0.200. The minimum Gasteiger partial charge on any atom is -0.330 e. The van der Waals surface area contributed by atoms with E-state index in [1.807, 2.05) is 5.38 Å². The van der Waals surface area contributed by atoms with Crippen molar-refractivity contribution in [3.05, 3.63) is 33.9 Å². The lowest BCUT2D eigenvalue weighted by molar-refractivity contribution is 0.642. The van der Waals surface area contributed by atoms with Gasteiger partial charge in [-0.1, -0.05) is 11.6 Å². The number of thiophene rings is 1. The van der Waals surface area contributed by atoms with E-state index < -0.39 is 0 Å². The van der Waals surface area contributed by atoms with Gasteiger partial charge in [-0.2, -0.15) is 0 Å². The van der Waals surface area contributed by atoms with Crippen LogP contribution in [-0.2, 0) is 6.42 Å². The monoisotopic (exact) mass is 229 g/mol. The van der Waals surface area contributed by atoms with Crippen molar-refractivity contribution in [2.75, 3.05) is 6.54 Å². The Morgan fingerprint density at radius 3 is 2.93 bits per heavy atom. The van der Waals surface area contributed by atoms with Gasteiger partial charge in [0.25, 0.3) is 0 Å². The highest BCUT2D eigenvalue weighted by Gasteiger charge is 2.08. The molecule has 1 heterocycles. The van der Waals surface area contributed by atoms with E-state index in [-0.39, 0.29) is 5.82 Å². The molecule has 2 N–H and O–H groups in total. The van der Waals surface area contributed by atoms with Crippen LogP contribution >= 0.6 is 22.9 Å². The van der Waals surface area contributed by atoms with Crippen molar-refractivity contribution in [1.29, 1.82) is 0 Å². The average Bonchev–Trinajstić information content (AvgIpc) is 2.49. The molecule has 0 atom stereocenters. The van der Waals surface area contributed by atoms with Gasteiger partial charge >= 0.3 is 0 Å². The van der Waals surface area contributed by atoms with E-state index >= 15 is 0 Å². The first-order valence-corrected chi connectivity index (χ1v) is 5.53. The summed E-state index contributed by atoms with van der Waals surface area (Å²) in [7, 11) is 0. The predicted molar refractivity (Wildman–Crippen MR) is 59.6 cm³/mol. The zero-order valence-corrected chi connectivity index (χ0v) is 8.96. The number of halogens is 2. The van der Waals surface area contributed by atoms with Gasteiger partial charge in [-0.3, -0.25) is 0 Å². The summed E-state index contributed by atoms with van der Waals surface area (Å²) >= 11 is 7.19. The van der Waals surface area contributed by atoms with Gasteiger partial charge in [-0.05, 0) is 36.0 Å². The van der Waals surface area contributed by atoms with Crippen molar-refractivity contribution >= 4 is 33.0 Å². The van der Waals surface area contributed by atoms with Crippen molar-refractivity contribution in [3.63, 3.8) is 0 Å². The molecule has 0 aliphatic rings. The summed E-state index contributed by atoms with van der Waals surface area (Å²) in [6, 6.07) is 3.13. The topological polar surface area (TPSA) is 26.0 Å². The summed E-state index contributed by atoms with van der Waals surface area (Å²) in [5.41, 5.74) is 6.54. The van der Waals surface area contributed by atoms with E-state index in [1.165, 1.54) is 17.4 Å². The third kappa shape index (κ3) is 1.63. The molecule has 1 aromatic carbocycles. The molecule has 0 saturated carbocycles. The Balaban J connectivity index is 2.66. The number of nitrogens with two attached hydrogens (primary N) is 1. The summed E-state index contributed by atoms with van der Waals surface area (Å²) in [6.45, 7) is 0.569. The van der Waals surface area contributed by atoms with Crippen LogP contribution in [0.1, 0.15) is 5.56 Å². The van der Waals surface area contributed by atoms with Gasteiger partial charge in [0.05, 0.1) is 4.70 Å². The average molecular weight is 230 g/mol. The lowest BCUT2D eigenvalue weighted by Crippen LogP contribution is -2.01. The minimum absolute atomic E-state index is 0.249. The largest absolute Gasteiger partial charge is 0.330 e. The van der Waals surface area contributed by atoms with Crippen molar-refractivity contribution in [1.82, 2.24) is 0 Å². The van der Waals surface area contributed by atoms with Gasteiger partial charge in [0.2, 0.25) is 0 Å². The molecule has 0 fully saturated rings. The number of rotatable bonds is 2. The third-order valence-corrected chi connectivity index (χ3v) is 3.36. The quantitative estimate of drug-likeness (QED) is 0.841. The Bertz CT molecular complexity index is 466. The summed E-state index contributed by atoms with van der Waals surface area (Å²) in [5, 5.41) is 3.27. The zero-order chi connectivity index (χ0) is 10.1. The summed E-state index contributed by atoms with van der Waals surface area (Å²) < 4.78 is 14.1. The Labute approximate surface area is 90.3 Å². The van der Waals surface area contributed by atoms with Crippen LogP contribution in [0, 0.1) is 5.82 Å². The van der Waals surface area contributed by atoms with Crippen LogP contribution in [0.5, 0.6) is 0 Å². The normalized spacial score (nSPS) is 11.1. The maximum Gasteiger partial charge on any atom is 0.142 e. The zero-order valence-electron chi connectivity index (χ0n) is 7.39. The van der Waals surface area contributed by atoms with E-state index in [0.717, 1.165) is 17.4 Å². The second-order valence-corrected chi connectivity index (χ2v) is 4.38. The molecule has 1 nitrogen and oxygen atoms in total. The van der Waals surface area contributed by atoms with Crippen molar-refractivity contribution in [2.45, 2.75) is 6.42 Å². The SMILES string of the molecule is NCCc1csc2c(F)cc(Cl)cc12. The highest BCUT2D eigenvalue weighted by Crippen LogP contribution is 2.31. The van der Waals surface area contributed by atoms with Crippen LogP contribution in [-0.4, -0.2) is 6.54 Å². The first-order valence-electron chi connectivity index (χ1n) is 4.27. The number of benzene rings is 1. The molecule has 0 saturated heterocycles. The summed E-state index contributed by atoms with van der Waals surface area (Å²) in [4.78, 5) is 0. The Morgan fingerprint density at radius 2 is 2.21 bits per heavy atom. The van der Waals surface area contributed by atoms with E-state index in [0.29, 0.717) is 16.3 Å². The van der Waals surface area contributed by atoms with E-state index in [2.05, 4.69) is 0 Å². The Hall–Kier alpha value is -0.640. The molecule has 0 bridgehead atoms. The lowest BCUT2D eigenvalue weighted by Gasteiger charge is -1.98. The van der Waals surface area contributed by atoms with Gasteiger partial charge < -0.3 is 5.73 Å². The second-order valence-electron chi connectivity index (χ2n) is 3.06. The highest BCUT2D eigenvalue weighted by atomic mass is 35.5. The molecule has 0 radical (unpaired) electrons. The Morgan fingerprint density at radius 1 is 1.43 bits per heavy atom. The number of hydrogen-bond donors (Lipinski definition) is 1. The van der Waals surface area contributed by atoms with Gasteiger partial charge in [-0.25, -0.2) is 4.39 Å². The number of hydrogen-bond acceptors (Lipinski definition) is 2.